The highest BCUT2D eigenvalue weighted by Crippen LogP contribution is 2.36. The number of fused-ring (bicyclic) bond motifs is 1. The number of nitrogens with one attached hydrogen (secondary N) is 1. The van der Waals surface area contributed by atoms with Gasteiger partial charge in [0.2, 0.25) is 0 Å². The van der Waals surface area contributed by atoms with Gasteiger partial charge in [-0.15, -0.1) is 0 Å². The second-order valence-corrected chi connectivity index (χ2v) is 7.16. The lowest BCUT2D eigenvalue weighted by Crippen LogP contribution is -2.14. The summed E-state index contributed by atoms with van der Waals surface area (Å²) in [5, 5.41) is 3.02. The van der Waals surface area contributed by atoms with Crippen molar-refractivity contribution in [3.8, 4) is 0 Å². The topological polar surface area (TPSA) is 77.6 Å². The number of hydrogen-bond donors (Lipinski definition) is 1. The number of benzene rings is 1. The summed E-state index contributed by atoms with van der Waals surface area (Å²) in [6.45, 7) is 2.61. The highest BCUT2D eigenvalue weighted by atomic mass is 16.1. The van der Waals surface area contributed by atoms with Crippen LogP contribution in [0.1, 0.15) is 40.6 Å². The number of carbonyl (C=O) groups is 1. The van der Waals surface area contributed by atoms with Crippen molar-refractivity contribution in [1.29, 1.82) is 0 Å². The van der Waals surface area contributed by atoms with Crippen LogP contribution in [-0.4, -0.2) is 30.0 Å². The van der Waals surface area contributed by atoms with Crippen LogP contribution in [-0.2, 0) is 6.54 Å². The molecule has 1 aliphatic carbocycles. The van der Waals surface area contributed by atoms with Gasteiger partial charge in [-0.1, -0.05) is 18.2 Å². The highest BCUT2D eigenvalue weighted by Gasteiger charge is 2.25. The number of pyridine rings is 1. The molecule has 1 saturated carbocycles. The first-order valence-electron chi connectivity index (χ1n) is 9.38. The maximum absolute atomic E-state index is 12.8. The molecule has 28 heavy (non-hydrogen) atoms. The van der Waals surface area contributed by atoms with Crippen LogP contribution >= 0.6 is 0 Å². The minimum absolute atomic E-state index is 0.190. The van der Waals surface area contributed by atoms with Crippen LogP contribution in [0.4, 0.5) is 5.69 Å². The molecular weight excluding hydrogens is 352 g/mol. The molecule has 0 radical (unpaired) electrons. The molecule has 0 spiro atoms. The Hall–Kier alpha value is -3.48. The van der Waals surface area contributed by atoms with E-state index in [1.165, 1.54) is 12.8 Å². The smallest absolute Gasteiger partial charge is 0.257 e. The largest absolute Gasteiger partial charge is 0.331 e. The number of imidazole rings is 2. The minimum atomic E-state index is -0.190. The van der Waals surface area contributed by atoms with Crippen LogP contribution in [0.2, 0.25) is 0 Å². The van der Waals surface area contributed by atoms with E-state index in [1.807, 2.05) is 48.3 Å². The van der Waals surface area contributed by atoms with Gasteiger partial charge in [-0.2, -0.15) is 0 Å². The Balaban J connectivity index is 1.39. The zero-order valence-corrected chi connectivity index (χ0v) is 15.5. The van der Waals surface area contributed by atoms with E-state index in [0.717, 1.165) is 28.2 Å². The first-order valence-corrected chi connectivity index (χ1v) is 9.38. The van der Waals surface area contributed by atoms with Gasteiger partial charge in [-0.25, -0.2) is 15.0 Å². The van der Waals surface area contributed by atoms with E-state index in [0.29, 0.717) is 18.2 Å². The normalized spacial score (nSPS) is 13.8. The molecule has 1 N–H and O–H groups in total. The van der Waals surface area contributed by atoms with Crippen LogP contribution in [0.25, 0.3) is 11.2 Å². The van der Waals surface area contributed by atoms with Crippen LogP contribution in [0.5, 0.6) is 0 Å². The molecule has 3 aromatic heterocycles. The molecule has 3 heterocycles. The standard InChI is InChI=1S/C21H20N6O/c1-14-22-8-9-26(14)12-15-4-2-3-5-18(15)25-21(28)16-10-19-20(23-11-16)27(13-24-19)17-6-7-17/h2-5,8-11,13,17H,6-7,12H2,1H3,(H,25,28). The molecule has 1 aromatic carbocycles. The van der Waals surface area contributed by atoms with E-state index < -0.39 is 0 Å². The van der Waals surface area contributed by atoms with E-state index in [-0.39, 0.29) is 5.91 Å². The number of aromatic nitrogens is 5. The number of anilines is 1. The molecule has 0 bridgehead atoms. The Morgan fingerprint density at radius 1 is 1.21 bits per heavy atom. The highest BCUT2D eigenvalue weighted by molar-refractivity contribution is 6.05. The van der Waals surface area contributed by atoms with Crippen molar-refractivity contribution in [2.45, 2.75) is 32.4 Å². The van der Waals surface area contributed by atoms with Crippen molar-refractivity contribution in [2.75, 3.05) is 5.32 Å². The van der Waals surface area contributed by atoms with Crippen molar-refractivity contribution in [1.82, 2.24) is 24.1 Å². The SMILES string of the molecule is Cc1nccn1Cc1ccccc1NC(=O)c1cnc2c(c1)ncn2C1CC1. The van der Waals surface area contributed by atoms with Gasteiger partial charge in [-0.05, 0) is 37.5 Å². The quantitative estimate of drug-likeness (QED) is 0.581. The van der Waals surface area contributed by atoms with Gasteiger partial charge in [0, 0.05) is 30.3 Å². The molecule has 140 valence electrons. The Kier molecular flexibility index (Phi) is 3.93. The number of amides is 1. The second-order valence-electron chi connectivity index (χ2n) is 7.16. The van der Waals surface area contributed by atoms with Crippen molar-refractivity contribution in [3.63, 3.8) is 0 Å². The van der Waals surface area contributed by atoms with Crippen molar-refractivity contribution >= 4 is 22.8 Å². The molecule has 0 atom stereocenters. The first-order chi connectivity index (χ1) is 13.7. The number of hydrogen-bond acceptors (Lipinski definition) is 4. The summed E-state index contributed by atoms with van der Waals surface area (Å²) in [5.41, 5.74) is 3.90. The summed E-state index contributed by atoms with van der Waals surface area (Å²) < 4.78 is 4.14. The molecule has 5 rings (SSSR count). The lowest BCUT2D eigenvalue weighted by atomic mass is 10.1. The van der Waals surface area contributed by atoms with Crippen molar-refractivity contribution in [3.05, 3.63) is 72.2 Å². The second kappa shape index (κ2) is 6.60. The summed E-state index contributed by atoms with van der Waals surface area (Å²) in [6, 6.07) is 10.1. The van der Waals surface area contributed by atoms with Gasteiger partial charge in [0.25, 0.3) is 5.91 Å². The van der Waals surface area contributed by atoms with E-state index in [9.17, 15) is 4.79 Å². The van der Waals surface area contributed by atoms with E-state index in [1.54, 1.807) is 18.5 Å². The van der Waals surface area contributed by atoms with Crippen LogP contribution < -0.4 is 5.32 Å². The molecular formula is C21H20N6O. The molecule has 1 aliphatic rings. The third-order valence-corrected chi connectivity index (χ3v) is 5.15. The van der Waals surface area contributed by atoms with Gasteiger partial charge in [0.05, 0.1) is 18.4 Å². The fourth-order valence-electron chi connectivity index (χ4n) is 3.39. The van der Waals surface area contributed by atoms with Crippen LogP contribution in [0.3, 0.4) is 0 Å². The third kappa shape index (κ3) is 3.05. The lowest BCUT2D eigenvalue weighted by molar-refractivity contribution is 0.102. The summed E-state index contributed by atoms with van der Waals surface area (Å²) in [5.74, 6) is 0.743. The molecule has 0 unspecified atom stereocenters. The molecule has 7 heteroatoms. The fraction of sp³-hybridized carbons (Fsp3) is 0.238. The predicted molar refractivity (Wildman–Crippen MR) is 106 cm³/mol. The Labute approximate surface area is 162 Å². The molecule has 0 aliphatic heterocycles. The van der Waals surface area contributed by atoms with Gasteiger partial charge in [0.1, 0.15) is 11.3 Å². The Morgan fingerprint density at radius 2 is 2.07 bits per heavy atom. The summed E-state index contributed by atoms with van der Waals surface area (Å²) >= 11 is 0. The molecule has 0 saturated heterocycles. The Bertz CT molecular complexity index is 1170. The van der Waals surface area contributed by atoms with Crippen LogP contribution in [0.15, 0.2) is 55.2 Å². The number of para-hydroxylation sites is 1. The fourth-order valence-corrected chi connectivity index (χ4v) is 3.39. The predicted octanol–water partition coefficient (Wildman–Crippen LogP) is 3.57. The Morgan fingerprint density at radius 3 is 2.86 bits per heavy atom. The van der Waals surface area contributed by atoms with E-state index in [4.69, 9.17) is 0 Å². The summed E-state index contributed by atoms with van der Waals surface area (Å²) in [7, 11) is 0. The number of rotatable bonds is 5. The van der Waals surface area contributed by atoms with Gasteiger partial charge < -0.3 is 14.5 Å². The molecule has 7 nitrogen and oxygen atoms in total. The zero-order valence-electron chi connectivity index (χ0n) is 15.5. The first kappa shape index (κ1) is 16.7. The average molecular weight is 372 g/mol. The van der Waals surface area contributed by atoms with Crippen LogP contribution in [0, 0.1) is 6.92 Å². The zero-order chi connectivity index (χ0) is 19.1. The minimum Gasteiger partial charge on any atom is -0.331 e. The number of nitrogens with zero attached hydrogens (tertiary/aromatic N) is 5. The van der Waals surface area contributed by atoms with E-state index >= 15 is 0 Å². The van der Waals surface area contributed by atoms with Crippen molar-refractivity contribution < 1.29 is 4.79 Å². The van der Waals surface area contributed by atoms with Gasteiger partial charge >= 0.3 is 0 Å². The van der Waals surface area contributed by atoms with Gasteiger partial charge in [0.15, 0.2) is 5.65 Å². The summed E-state index contributed by atoms with van der Waals surface area (Å²) in [4.78, 5) is 26.0. The van der Waals surface area contributed by atoms with E-state index in [2.05, 4.69) is 24.8 Å². The molecule has 1 fully saturated rings. The summed E-state index contributed by atoms with van der Waals surface area (Å²) in [6.07, 6.45) is 9.49. The number of aryl methyl sites for hydroxylation is 1. The molecule has 1 amide bonds. The average Bonchev–Trinajstić information content (AvgIpc) is 3.34. The maximum Gasteiger partial charge on any atom is 0.257 e. The lowest BCUT2D eigenvalue weighted by Gasteiger charge is -2.12. The third-order valence-electron chi connectivity index (χ3n) is 5.15. The van der Waals surface area contributed by atoms with Gasteiger partial charge in [-0.3, -0.25) is 4.79 Å². The van der Waals surface area contributed by atoms with Crippen molar-refractivity contribution in [2.24, 2.45) is 0 Å². The monoisotopic (exact) mass is 372 g/mol. The number of carbonyl (C=O) groups excluding carboxylic acids is 1. The molecule has 4 aromatic rings. The maximum atomic E-state index is 12.8.